The van der Waals surface area contributed by atoms with Gasteiger partial charge in [0.2, 0.25) is 0 Å². The zero-order valence-corrected chi connectivity index (χ0v) is 12.5. The van der Waals surface area contributed by atoms with Crippen LogP contribution in [-0.4, -0.2) is 34.7 Å². The molecule has 1 aromatic carbocycles. The molecular weight excluding hydrogens is 290 g/mol. The number of carboxylic acids is 1. The molecule has 1 heterocycles. The van der Waals surface area contributed by atoms with Crippen molar-refractivity contribution >= 4 is 23.8 Å². The zero-order valence-electron chi connectivity index (χ0n) is 11.7. The predicted octanol–water partition coefficient (Wildman–Crippen LogP) is 2.51. The molecule has 0 bridgehead atoms. The minimum absolute atomic E-state index is 0.137. The van der Waals surface area contributed by atoms with Crippen molar-refractivity contribution in [3.05, 3.63) is 35.9 Å². The summed E-state index contributed by atoms with van der Waals surface area (Å²) in [6.45, 7) is 0.137. The van der Waals surface area contributed by atoms with Crippen molar-refractivity contribution in [3.8, 4) is 0 Å². The third kappa shape index (κ3) is 5.30. The van der Waals surface area contributed by atoms with Crippen LogP contribution in [0.1, 0.15) is 18.4 Å². The van der Waals surface area contributed by atoms with Gasteiger partial charge in [-0.15, -0.1) is 0 Å². The average molecular weight is 309 g/mol. The first-order valence-electron chi connectivity index (χ1n) is 6.93. The number of carbonyl (C=O) groups is 2. The van der Waals surface area contributed by atoms with Crippen molar-refractivity contribution in [1.82, 2.24) is 5.32 Å². The van der Waals surface area contributed by atoms with Crippen LogP contribution in [-0.2, 0) is 16.1 Å². The first-order chi connectivity index (χ1) is 10.1. The topological polar surface area (TPSA) is 75.6 Å². The fourth-order valence-electron chi connectivity index (χ4n) is 2.23. The Labute approximate surface area is 128 Å². The second-order valence-corrected chi connectivity index (χ2v) is 6.21. The van der Waals surface area contributed by atoms with Crippen LogP contribution in [0.2, 0.25) is 0 Å². The second kappa shape index (κ2) is 7.93. The normalized spacial score (nSPS) is 19.0. The third-order valence-corrected chi connectivity index (χ3v) is 4.63. The summed E-state index contributed by atoms with van der Waals surface area (Å²) in [6.07, 6.45) is 0.787. The van der Waals surface area contributed by atoms with E-state index in [0.717, 1.165) is 23.5 Å². The van der Waals surface area contributed by atoms with Crippen LogP contribution in [0.4, 0.5) is 4.79 Å². The molecule has 0 saturated carbocycles. The van der Waals surface area contributed by atoms with E-state index in [1.807, 2.05) is 42.1 Å². The molecule has 6 heteroatoms. The molecule has 1 fully saturated rings. The lowest BCUT2D eigenvalue weighted by atomic mass is 9.99. The van der Waals surface area contributed by atoms with Crippen LogP contribution in [0.15, 0.2) is 30.3 Å². The number of nitrogens with one attached hydrogen (secondary N) is 1. The van der Waals surface area contributed by atoms with Gasteiger partial charge < -0.3 is 15.2 Å². The maximum atomic E-state index is 11.7. The second-order valence-electron chi connectivity index (χ2n) is 5.06. The van der Waals surface area contributed by atoms with Gasteiger partial charge >= 0.3 is 12.1 Å². The molecule has 1 saturated heterocycles. The smallest absolute Gasteiger partial charge is 0.408 e. The number of alkyl carbamates (subject to hydrolysis) is 1. The van der Waals surface area contributed by atoms with E-state index in [1.54, 1.807) is 0 Å². The quantitative estimate of drug-likeness (QED) is 0.844. The van der Waals surface area contributed by atoms with Gasteiger partial charge in [-0.25, -0.2) is 9.59 Å². The highest BCUT2D eigenvalue weighted by atomic mass is 32.2. The highest BCUT2D eigenvalue weighted by molar-refractivity contribution is 7.99. The molecule has 0 aliphatic carbocycles. The standard InChI is InChI=1S/C15H19NO4S/c17-14(18)13(8-12-6-7-21-10-12)16-15(19)20-9-11-4-2-1-3-5-11/h1-5,12-13H,6-10H2,(H,16,19)(H,17,18). The average Bonchev–Trinajstić information content (AvgIpc) is 2.98. The van der Waals surface area contributed by atoms with Crippen molar-refractivity contribution in [2.75, 3.05) is 11.5 Å². The Morgan fingerprint density at radius 3 is 2.76 bits per heavy atom. The first-order valence-corrected chi connectivity index (χ1v) is 8.08. The van der Waals surface area contributed by atoms with E-state index in [4.69, 9.17) is 4.74 Å². The zero-order chi connectivity index (χ0) is 15.1. The van der Waals surface area contributed by atoms with Gasteiger partial charge in [-0.05, 0) is 35.8 Å². The van der Waals surface area contributed by atoms with Crippen molar-refractivity contribution in [3.63, 3.8) is 0 Å². The lowest BCUT2D eigenvalue weighted by Crippen LogP contribution is -2.42. The predicted molar refractivity (Wildman–Crippen MR) is 81.2 cm³/mol. The summed E-state index contributed by atoms with van der Waals surface area (Å²) in [7, 11) is 0. The summed E-state index contributed by atoms with van der Waals surface area (Å²) >= 11 is 1.83. The molecule has 1 aliphatic rings. The van der Waals surface area contributed by atoms with Crippen LogP contribution < -0.4 is 5.32 Å². The largest absolute Gasteiger partial charge is 0.480 e. The van der Waals surface area contributed by atoms with Crippen molar-refractivity contribution in [2.24, 2.45) is 5.92 Å². The van der Waals surface area contributed by atoms with Gasteiger partial charge in [-0.1, -0.05) is 30.3 Å². The maximum Gasteiger partial charge on any atom is 0.408 e. The Morgan fingerprint density at radius 2 is 2.14 bits per heavy atom. The van der Waals surface area contributed by atoms with Gasteiger partial charge in [-0.2, -0.15) is 11.8 Å². The highest BCUT2D eigenvalue weighted by Gasteiger charge is 2.26. The van der Waals surface area contributed by atoms with Crippen LogP contribution in [0.5, 0.6) is 0 Å². The third-order valence-electron chi connectivity index (χ3n) is 3.40. The monoisotopic (exact) mass is 309 g/mol. The number of aliphatic carboxylic acids is 1. The van der Waals surface area contributed by atoms with E-state index >= 15 is 0 Å². The van der Waals surface area contributed by atoms with Gasteiger partial charge in [0.15, 0.2) is 0 Å². The molecule has 1 amide bonds. The number of rotatable bonds is 6. The molecule has 0 radical (unpaired) electrons. The van der Waals surface area contributed by atoms with Gasteiger partial charge in [-0.3, -0.25) is 0 Å². The number of hydrogen-bond acceptors (Lipinski definition) is 4. The minimum Gasteiger partial charge on any atom is -0.480 e. The number of ether oxygens (including phenoxy) is 1. The Bertz CT molecular complexity index is 474. The van der Waals surface area contributed by atoms with E-state index in [0.29, 0.717) is 12.3 Å². The summed E-state index contributed by atoms with van der Waals surface area (Å²) in [6, 6.07) is 8.40. The highest BCUT2D eigenvalue weighted by Crippen LogP contribution is 2.27. The van der Waals surface area contributed by atoms with E-state index in [2.05, 4.69) is 5.32 Å². The molecule has 5 nitrogen and oxygen atoms in total. The lowest BCUT2D eigenvalue weighted by Gasteiger charge is -2.17. The van der Waals surface area contributed by atoms with Crippen molar-refractivity contribution in [1.29, 1.82) is 0 Å². The molecule has 21 heavy (non-hydrogen) atoms. The molecule has 1 aromatic rings. The number of carboxylic acid groups (broad SMARTS) is 1. The van der Waals surface area contributed by atoms with Crippen LogP contribution >= 0.6 is 11.8 Å². The number of thioether (sulfide) groups is 1. The summed E-state index contributed by atoms with van der Waals surface area (Å²) in [4.78, 5) is 22.9. The summed E-state index contributed by atoms with van der Waals surface area (Å²) in [5.41, 5.74) is 0.867. The van der Waals surface area contributed by atoms with E-state index < -0.39 is 18.1 Å². The lowest BCUT2D eigenvalue weighted by molar-refractivity contribution is -0.139. The molecule has 2 rings (SSSR count). The Kier molecular flexibility index (Phi) is 5.92. The van der Waals surface area contributed by atoms with Crippen molar-refractivity contribution < 1.29 is 19.4 Å². The summed E-state index contributed by atoms with van der Waals surface area (Å²) < 4.78 is 5.05. The molecule has 2 atom stereocenters. The molecule has 1 aliphatic heterocycles. The van der Waals surface area contributed by atoms with Crippen LogP contribution in [0.3, 0.4) is 0 Å². The van der Waals surface area contributed by atoms with Gasteiger partial charge in [0.25, 0.3) is 0 Å². The molecular formula is C15H19NO4S. The van der Waals surface area contributed by atoms with E-state index in [1.165, 1.54) is 0 Å². The molecule has 0 spiro atoms. The van der Waals surface area contributed by atoms with Crippen LogP contribution in [0, 0.1) is 5.92 Å². The molecule has 2 N–H and O–H groups in total. The number of amides is 1. The number of carbonyl (C=O) groups excluding carboxylic acids is 1. The first kappa shape index (κ1) is 15.7. The number of hydrogen-bond donors (Lipinski definition) is 2. The number of benzene rings is 1. The van der Waals surface area contributed by atoms with Gasteiger partial charge in [0.1, 0.15) is 12.6 Å². The SMILES string of the molecule is O=C(NC(CC1CCSC1)C(=O)O)OCc1ccccc1. The summed E-state index contributed by atoms with van der Waals surface area (Å²) in [5.74, 6) is 1.37. The maximum absolute atomic E-state index is 11.7. The molecule has 114 valence electrons. The van der Waals surface area contributed by atoms with Gasteiger partial charge in [0.05, 0.1) is 0 Å². The van der Waals surface area contributed by atoms with Crippen molar-refractivity contribution in [2.45, 2.75) is 25.5 Å². The fourth-order valence-corrected chi connectivity index (χ4v) is 3.53. The fraction of sp³-hybridized carbons (Fsp3) is 0.467. The van der Waals surface area contributed by atoms with Crippen LogP contribution in [0.25, 0.3) is 0 Å². The Morgan fingerprint density at radius 1 is 1.38 bits per heavy atom. The minimum atomic E-state index is -1.01. The Hall–Kier alpha value is -1.69. The van der Waals surface area contributed by atoms with E-state index in [-0.39, 0.29) is 6.61 Å². The summed E-state index contributed by atoms with van der Waals surface area (Å²) in [5, 5.41) is 11.6. The van der Waals surface area contributed by atoms with E-state index in [9.17, 15) is 14.7 Å². The molecule has 0 aromatic heterocycles. The molecule has 2 unspecified atom stereocenters. The van der Waals surface area contributed by atoms with Gasteiger partial charge in [0, 0.05) is 0 Å². The Balaban J connectivity index is 1.79.